The number of phenols is 2. The van der Waals surface area contributed by atoms with Gasteiger partial charge >= 0.3 is 5.97 Å². The minimum atomic E-state index is -1.16. The van der Waals surface area contributed by atoms with E-state index >= 15 is 0 Å². The highest BCUT2D eigenvalue weighted by molar-refractivity contribution is 5.93. The molecule has 16 heavy (non-hydrogen) atoms. The zero-order valence-corrected chi connectivity index (χ0v) is 9.24. The molecule has 0 saturated carbocycles. The second kappa shape index (κ2) is 4.26. The maximum atomic E-state index is 11.0. The van der Waals surface area contributed by atoms with E-state index in [0.717, 1.165) is 0 Å². The molecule has 0 aromatic heterocycles. The Hall–Kier alpha value is -1.97. The summed E-state index contributed by atoms with van der Waals surface area (Å²) in [4.78, 5) is 11.0. The van der Waals surface area contributed by atoms with Crippen LogP contribution in [0.4, 0.5) is 0 Å². The Bertz CT molecular complexity index is 432. The predicted octanol–water partition coefficient (Wildman–Crippen LogP) is 2.14. The molecule has 0 aliphatic heterocycles. The number of hydrogen-bond donors (Lipinski definition) is 3. The van der Waals surface area contributed by atoms with Gasteiger partial charge in [0.1, 0.15) is 11.5 Å². The van der Waals surface area contributed by atoms with Crippen LogP contribution in [0, 0.1) is 13.8 Å². The average molecular weight is 222 g/mol. The van der Waals surface area contributed by atoms with Gasteiger partial charge in [0.25, 0.3) is 0 Å². The van der Waals surface area contributed by atoms with Gasteiger partial charge in [0.05, 0.1) is 5.56 Å². The second-order valence-electron chi connectivity index (χ2n) is 3.60. The van der Waals surface area contributed by atoms with Crippen molar-refractivity contribution in [2.75, 3.05) is 0 Å². The summed E-state index contributed by atoms with van der Waals surface area (Å²) in [6.45, 7) is 6.54. The van der Waals surface area contributed by atoms with Crippen LogP contribution in [0.3, 0.4) is 0 Å². The van der Waals surface area contributed by atoms with Crippen molar-refractivity contribution >= 4 is 5.97 Å². The van der Waals surface area contributed by atoms with Gasteiger partial charge in [-0.1, -0.05) is 6.08 Å². The first-order valence-electron chi connectivity index (χ1n) is 4.79. The lowest BCUT2D eigenvalue weighted by Gasteiger charge is -2.14. The first kappa shape index (κ1) is 12.1. The molecule has 4 nitrogen and oxygen atoms in total. The van der Waals surface area contributed by atoms with Crippen molar-refractivity contribution in [1.82, 2.24) is 0 Å². The van der Waals surface area contributed by atoms with Crippen LogP contribution in [-0.4, -0.2) is 21.3 Å². The van der Waals surface area contributed by atoms with Gasteiger partial charge < -0.3 is 15.3 Å². The number of aromatic carboxylic acids is 1. The SMILES string of the molecule is C=CCc1c(O)c(C)c(C(=O)O)c(C)c1O. The molecule has 0 bridgehead atoms. The molecule has 3 N–H and O–H groups in total. The van der Waals surface area contributed by atoms with Crippen molar-refractivity contribution in [2.24, 2.45) is 0 Å². The van der Waals surface area contributed by atoms with Crippen molar-refractivity contribution < 1.29 is 20.1 Å². The van der Waals surface area contributed by atoms with Gasteiger partial charge in [0.2, 0.25) is 0 Å². The van der Waals surface area contributed by atoms with E-state index in [9.17, 15) is 15.0 Å². The summed E-state index contributed by atoms with van der Waals surface area (Å²) in [7, 11) is 0. The number of carbonyl (C=O) groups is 1. The molecular formula is C12H14O4. The molecule has 0 aliphatic carbocycles. The predicted molar refractivity (Wildman–Crippen MR) is 60.1 cm³/mol. The summed E-state index contributed by atoms with van der Waals surface area (Å²) < 4.78 is 0. The van der Waals surface area contributed by atoms with Crippen LogP contribution in [0.5, 0.6) is 11.5 Å². The number of benzene rings is 1. The second-order valence-corrected chi connectivity index (χ2v) is 3.60. The van der Waals surface area contributed by atoms with Crippen LogP contribution in [0.1, 0.15) is 27.0 Å². The Kier molecular flexibility index (Phi) is 3.22. The Morgan fingerprint density at radius 1 is 1.25 bits per heavy atom. The third-order valence-corrected chi connectivity index (χ3v) is 2.59. The first-order chi connectivity index (χ1) is 7.41. The van der Waals surface area contributed by atoms with E-state index in [4.69, 9.17) is 5.11 Å². The van der Waals surface area contributed by atoms with E-state index in [1.165, 1.54) is 19.9 Å². The molecule has 0 aliphatic rings. The highest BCUT2D eigenvalue weighted by Crippen LogP contribution is 2.37. The Morgan fingerprint density at radius 3 is 2.00 bits per heavy atom. The molecule has 86 valence electrons. The molecule has 0 fully saturated rings. The molecule has 0 saturated heterocycles. The maximum absolute atomic E-state index is 11.0. The van der Waals surface area contributed by atoms with Gasteiger partial charge in [-0.15, -0.1) is 6.58 Å². The monoisotopic (exact) mass is 222 g/mol. The van der Waals surface area contributed by atoms with Crippen LogP contribution < -0.4 is 0 Å². The fourth-order valence-electron chi connectivity index (χ4n) is 1.74. The summed E-state index contributed by atoms with van der Waals surface area (Å²) >= 11 is 0. The van der Waals surface area contributed by atoms with E-state index in [0.29, 0.717) is 12.0 Å². The summed E-state index contributed by atoms with van der Waals surface area (Å²) in [6, 6.07) is 0. The highest BCUT2D eigenvalue weighted by Gasteiger charge is 2.21. The van der Waals surface area contributed by atoms with E-state index in [2.05, 4.69) is 6.58 Å². The summed E-state index contributed by atoms with van der Waals surface area (Å²) in [5, 5.41) is 28.6. The number of hydrogen-bond acceptors (Lipinski definition) is 3. The topological polar surface area (TPSA) is 77.8 Å². The molecule has 0 atom stereocenters. The number of carboxylic acids is 1. The van der Waals surface area contributed by atoms with Crippen molar-refractivity contribution in [2.45, 2.75) is 20.3 Å². The smallest absolute Gasteiger partial charge is 0.336 e. The maximum Gasteiger partial charge on any atom is 0.336 e. The first-order valence-corrected chi connectivity index (χ1v) is 4.79. The number of carboxylic acid groups (broad SMARTS) is 1. The normalized spacial score (nSPS) is 10.1. The minimum absolute atomic E-state index is 0.0530. The Morgan fingerprint density at radius 2 is 1.69 bits per heavy atom. The van der Waals surface area contributed by atoms with Crippen molar-refractivity contribution in [3.05, 3.63) is 34.9 Å². The van der Waals surface area contributed by atoms with Crippen molar-refractivity contribution in [3.8, 4) is 11.5 Å². The van der Waals surface area contributed by atoms with Crippen LogP contribution in [-0.2, 0) is 6.42 Å². The fraction of sp³-hybridized carbons (Fsp3) is 0.250. The third-order valence-electron chi connectivity index (χ3n) is 2.59. The number of rotatable bonds is 3. The molecule has 0 radical (unpaired) electrons. The number of allylic oxidation sites excluding steroid dienone is 1. The number of phenolic OH excluding ortho intramolecular Hbond substituents is 2. The molecule has 1 aromatic carbocycles. The van der Waals surface area contributed by atoms with E-state index in [-0.39, 0.29) is 28.2 Å². The zero-order valence-electron chi connectivity index (χ0n) is 9.24. The van der Waals surface area contributed by atoms with Gasteiger partial charge in [0.15, 0.2) is 0 Å². The van der Waals surface area contributed by atoms with Gasteiger partial charge in [-0.25, -0.2) is 4.79 Å². The molecule has 4 heteroatoms. The lowest BCUT2D eigenvalue weighted by Crippen LogP contribution is -2.05. The van der Waals surface area contributed by atoms with Crippen LogP contribution in [0.2, 0.25) is 0 Å². The zero-order chi connectivity index (χ0) is 12.5. The molecule has 0 unspecified atom stereocenters. The lowest BCUT2D eigenvalue weighted by molar-refractivity contribution is 0.0694. The van der Waals surface area contributed by atoms with Crippen LogP contribution in [0.25, 0.3) is 0 Å². The lowest BCUT2D eigenvalue weighted by atomic mass is 9.95. The summed E-state index contributed by atoms with van der Waals surface area (Å²) in [6.07, 6.45) is 1.83. The van der Waals surface area contributed by atoms with E-state index in [1.54, 1.807) is 0 Å². The molecule has 1 aromatic rings. The third kappa shape index (κ3) is 1.74. The van der Waals surface area contributed by atoms with Gasteiger partial charge in [-0.3, -0.25) is 0 Å². The Labute approximate surface area is 93.5 Å². The van der Waals surface area contributed by atoms with Crippen LogP contribution in [0.15, 0.2) is 12.7 Å². The highest BCUT2D eigenvalue weighted by atomic mass is 16.4. The molecule has 0 heterocycles. The molecule has 0 amide bonds. The van der Waals surface area contributed by atoms with E-state index < -0.39 is 5.97 Å². The summed E-state index contributed by atoms with van der Waals surface area (Å²) in [5.41, 5.74) is 0.789. The quantitative estimate of drug-likeness (QED) is 0.685. The largest absolute Gasteiger partial charge is 0.507 e. The summed E-state index contributed by atoms with van der Waals surface area (Å²) in [5.74, 6) is -1.52. The number of aromatic hydroxyl groups is 2. The fourth-order valence-corrected chi connectivity index (χ4v) is 1.74. The molecule has 0 spiro atoms. The van der Waals surface area contributed by atoms with Gasteiger partial charge in [-0.2, -0.15) is 0 Å². The van der Waals surface area contributed by atoms with E-state index in [1.807, 2.05) is 0 Å². The van der Waals surface area contributed by atoms with Crippen molar-refractivity contribution in [3.63, 3.8) is 0 Å². The molecular weight excluding hydrogens is 208 g/mol. The molecule has 1 rings (SSSR count). The average Bonchev–Trinajstić information content (AvgIpc) is 2.21. The standard InChI is InChI=1S/C12H14O4/c1-4-5-8-10(13)6(2)9(12(15)16)7(3)11(8)14/h4,13-14H,1,5H2,2-3H3,(H,15,16). The van der Waals surface area contributed by atoms with Crippen molar-refractivity contribution in [1.29, 1.82) is 0 Å². The van der Waals surface area contributed by atoms with Gasteiger partial charge in [-0.05, 0) is 20.3 Å². The van der Waals surface area contributed by atoms with Gasteiger partial charge in [0, 0.05) is 16.7 Å². The minimum Gasteiger partial charge on any atom is -0.507 e. The van der Waals surface area contributed by atoms with Crippen LogP contribution >= 0.6 is 0 Å². The Balaban J connectivity index is 3.62.